The van der Waals surface area contributed by atoms with Crippen LogP contribution in [0, 0.1) is 13.8 Å². The summed E-state index contributed by atoms with van der Waals surface area (Å²) in [6, 6.07) is 22.0. The molecular formula is C27H18N4O2. The highest BCUT2D eigenvalue weighted by Crippen LogP contribution is 2.34. The number of carbonyl (C=O) groups excluding carboxylic acids is 2. The molecule has 0 bridgehead atoms. The van der Waals surface area contributed by atoms with Crippen LogP contribution in [0.15, 0.2) is 72.8 Å². The lowest BCUT2D eigenvalue weighted by atomic mass is 9.83. The van der Waals surface area contributed by atoms with Crippen LogP contribution in [0.4, 0.5) is 0 Å². The number of aryl methyl sites for hydroxylation is 2. The second-order valence-electron chi connectivity index (χ2n) is 8.16. The van der Waals surface area contributed by atoms with Gasteiger partial charge in [0.2, 0.25) is 0 Å². The number of hydrogen-bond donors (Lipinski definition) is 0. The zero-order valence-electron chi connectivity index (χ0n) is 18.0. The third-order valence-corrected chi connectivity index (χ3v) is 5.98. The molecule has 3 aromatic carbocycles. The molecule has 0 amide bonds. The Balaban J connectivity index is 1.73. The van der Waals surface area contributed by atoms with Gasteiger partial charge in [-0.3, -0.25) is 9.59 Å². The Morgan fingerprint density at radius 1 is 0.727 bits per heavy atom. The lowest BCUT2D eigenvalue weighted by Crippen LogP contribution is -2.22. The van der Waals surface area contributed by atoms with E-state index in [-0.39, 0.29) is 11.6 Å². The lowest BCUT2D eigenvalue weighted by Gasteiger charge is -2.20. The van der Waals surface area contributed by atoms with Crippen molar-refractivity contribution >= 4 is 22.5 Å². The maximum absolute atomic E-state index is 13.6. The molecule has 0 fully saturated rings. The van der Waals surface area contributed by atoms with Gasteiger partial charge in [-0.15, -0.1) is 0 Å². The summed E-state index contributed by atoms with van der Waals surface area (Å²) in [6.07, 6.45) is 0. The van der Waals surface area contributed by atoms with E-state index in [0.29, 0.717) is 44.8 Å². The van der Waals surface area contributed by atoms with Gasteiger partial charge < -0.3 is 0 Å². The zero-order chi connectivity index (χ0) is 22.7. The Kier molecular flexibility index (Phi) is 4.10. The first-order valence-corrected chi connectivity index (χ1v) is 10.6. The van der Waals surface area contributed by atoms with Gasteiger partial charge in [0.1, 0.15) is 0 Å². The number of carbonyl (C=O) groups is 2. The van der Waals surface area contributed by atoms with Gasteiger partial charge in [-0.1, -0.05) is 54.6 Å². The van der Waals surface area contributed by atoms with E-state index in [1.807, 2.05) is 56.3 Å². The van der Waals surface area contributed by atoms with Crippen LogP contribution in [0.1, 0.15) is 43.2 Å². The standard InChI is InChI=1S/C27H18N4O2/c1-15-14-16(2)31(30-15)27-21-13-12-20-22(25(33)19-11-7-6-10-18(19)24(20)32)23(21)28-26(29-27)17-8-4-3-5-9-17/h3-14H,1-2H3. The molecule has 0 spiro atoms. The second-order valence-corrected chi connectivity index (χ2v) is 8.16. The highest BCUT2D eigenvalue weighted by Gasteiger charge is 2.32. The number of hydrogen-bond acceptors (Lipinski definition) is 5. The Morgan fingerprint density at radius 3 is 2.12 bits per heavy atom. The Bertz CT molecular complexity index is 1620. The van der Waals surface area contributed by atoms with Crippen molar-refractivity contribution in [1.29, 1.82) is 0 Å². The minimum absolute atomic E-state index is 0.172. The fraction of sp³-hybridized carbons (Fsp3) is 0.0741. The first kappa shape index (κ1) is 19.3. The van der Waals surface area contributed by atoms with Crippen LogP contribution < -0.4 is 0 Å². The number of rotatable bonds is 2. The summed E-state index contributed by atoms with van der Waals surface area (Å²) in [5.74, 6) is 0.669. The molecule has 6 heteroatoms. The number of fused-ring (bicyclic) bond motifs is 4. The normalized spacial score (nSPS) is 12.7. The highest BCUT2D eigenvalue weighted by atomic mass is 16.1. The molecule has 33 heavy (non-hydrogen) atoms. The molecule has 0 aliphatic heterocycles. The third kappa shape index (κ3) is 2.84. The molecule has 0 N–H and O–H groups in total. The summed E-state index contributed by atoms with van der Waals surface area (Å²) in [6.45, 7) is 3.88. The molecule has 2 aromatic heterocycles. The first-order valence-electron chi connectivity index (χ1n) is 10.6. The predicted octanol–water partition coefficient (Wildman–Crippen LogP) is 4.87. The number of benzene rings is 3. The smallest absolute Gasteiger partial charge is 0.196 e. The van der Waals surface area contributed by atoms with Crippen molar-refractivity contribution in [1.82, 2.24) is 19.7 Å². The molecule has 2 heterocycles. The van der Waals surface area contributed by atoms with E-state index in [0.717, 1.165) is 17.0 Å². The molecule has 6 rings (SSSR count). The van der Waals surface area contributed by atoms with Crippen LogP contribution in [-0.2, 0) is 0 Å². The van der Waals surface area contributed by atoms with Gasteiger partial charge in [0.05, 0.1) is 16.8 Å². The fourth-order valence-corrected chi connectivity index (χ4v) is 4.48. The minimum Gasteiger partial charge on any atom is -0.289 e. The quantitative estimate of drug-likeness (QED) is 0.391. The molecule has 6 nitrogen and oxygen atoms in total. The van der Waals surface area contributed by atoms with Gasteiger partial charge >= 0.3 is 0 Å². The van der Waals surface area contributed by atoms with E-state index in [9.17, 15) is 9.59 Å². The third-order valence-electron chi connectivity index (χ3n) is 5.98. The van der Waals surface area contributed by atoms with Crippen molar-refractivity contribution < 1.29 is 9.59 Å². The van der Waals surface area contributed by atoms with E-state index >= 15 is 0 Å². The SMILES string of the molecule is Cc1cc(C)n(-c2nc(-c3ccccc3)nc3c4c(ccc23)C(=O)c2ccccc2C4=O)n1. The summed E-state index contributed by atoms with van der Waals surface area (Å²) in [7, 11) is 0. The van der Waals surface area contributed by atoms with Gasteiger partial charge in [-0.25, -0.2) is 14.6 Å². The van der Waals surface area contributed by atoms with Gasteiger partial charge in [-0.2, -0.15) is 5.10 Å². The molecule has 0 unspecified atom stereocenters. The van der Waals surface area contributed by atoms with Crippen molar-refractivity contribution in [2.45, 2.75) is 13.8 Å². The fourth-order valence-electron chi connectivity index (χ4n) is 4.48. The summed E-state index contributed by atoms with van der Waals surface area (Å²) in [4.78, 5) is 36.5. The molecule has 1 aliphatic carbocycles. The molecular weight excluding hydrogens is 412 g/mol. The zero-order valence-corrected chi connectivity index (χ0v) is 18.0. The van der Waals surface area contributed by atoms with Gasteiger partial charge in [-0.05, 0) is 32.0 Å². The van der Waals surface area contributed by atoms with Crippen LogP contribution in [0.3, 0.4) is 0 Å². The Morgan fingerprint density at radius 2 is 1.42 bits per heavy atom. The second kappa shape index (κ2) is 7.03. The van der Waals surface area contributed by atoms with Crippen molar-refractivity contribution in [3.63, 3.8) is 0 Å². The molecule has 0 atom stereocenters. The Labute approximate surface area is 189 Å². The maximum Gasteiger partial charge on any atom is 0.196 e. The van der Waals surface area contributed by atoms with Crippen molar-refractivity contribution in [2.75, 3.05) is 0 Å². The van der Waals surface area contributed by atoms with E-state index < -0.39 is 0 Å². The minimum atomic E-state index is -0.206. The summed E-state index contributed by atoms with van der Waals surface area (Å²) in [5.41, 5.74) is 4.55. The molecule has 0 saturated heterocycles. The highest BCUT2D eigenvalue weighted by molar-refractivity contribution is 6.32. The van der Waals surface area contributed by atoms with E-state index in [2.05, 4.69) is 5.10 Å². The maximum atomic E-state index is 13.6. The largest absolute Gasteiger partial charge is 0.289 e. The van der Waals surface area contributed by atoms with Gasteiger partial charge in [0.25, 0.3) is 0 Å². The molecule has 1 aliphatic rings. The van der Waals surface area contributed by atoms with Crippen molar-refractivity contribution in [3.05, 3.63) is 106 Å². The van der Waals surface area contributed by atoms with E-state index in [1.54, 1.807) is 35.0 Å². The summed E-state index contributed by atoms with van der Waals surface area (Å²) in [5, 5.41) is 5.29. The number of aromatic nitrogens is 4. The molecule has 0 saturated carbocycles. The topological polar surface area (TPSA) is 77.7 Å². The van der Waals surface area contributed by atoms with Crippen molar-refractivity contribution in [3.8, 4) is 17.2 Å². The monoisotopic (exact) mass is 430 g/mol. The van der Waals surface area contributed by atoms with Crippen molar-refractivity contribution in [2.24, 2.45) is 0 Å². The van der Waals surface area contributed by atoms with Gasteiger partial charge in [0, 0.05) is 33.3 Å². The molecule has 5 aromatic rings. The van der Waals surface area contributed by atoms with Crippen LogP contribution in [0.25, 0.3) is 28.1 Å². The predicted molar refractivity (Wildman–Crippen MR) is 125 cm³/mol. The lowest BCUT2D eigenvalue weighted by molar-refractivity contribution is 0.0980. The molecule has 0 radical (unpaired) electrons. The first-order chi connectivity index (χ1) is 16.0. The summed E-state index contributed by atoms with van der Waals surface area (Å²) < 4.78 is 1.77. The van der Waals surface area contributed by atoms with Crippen LogP contribution in [-0.4, -0.2) is 31.3 Å². The van der Waals surface area contributed by atoms with E-state index in [1.165, 1.54) is 0 Å². The Hall–Kier alpha value is -4.45. The number of ketones is 2. The van der Waals surface area contributed by atoms with Crippen LogP contribution in [0.5, 0.6) is 0 Å². The van der Waals surface area contributed by atoms with Crippen LogP contribution >= 0.6 is 0 Å². The average Bonchev–Trinajstić information content (AvgIpc) is 3.19. The van der Waals surface area contributed by atoms with Crippen LogP contribution in [0.2, 0.25) is 0 Å². The average molecular weight is 430 g/mol. The van der Waals surface area contributed by atoms with Gasteiger partial charge in [0.15, 0.2) is 23.2 Å². The number of nitrogens with zero attached hydrogens (tertiary/aromatic N) is 4. The summed E-state index contributed by atoms with van der Waals surface area (Å²) >= 11 is 0. The van der Waals surface area contributed by atoms with E-state index in [4.69, 9.17) is 9.97 Å². The molecule has 158 valence electrons.